The highest BCUT2D eigenvalue weighted by Crippen LogP contribution is 2.29. The molecule has 1 saturated heterocycles. The number of Topliss-reactive ketones (excluding diaryl/α,β-unsaturated/α-hetero) is 2. The Morgan fingerprint density at radius 3 is 2.48 bits per heavy atom. The number of carbonyl (C=O) groups excluding carboxylic acids is 2. The van der Waals surface area contributed by atoms with Crippen molar-refractivity contribution in [3.63, 3.8) is 0 Å². The predicted octanol–water partition coefficient (Wildman–Crippen LogP) is 2.43. The summed E-state index contributed by atoms with van der Waals surface area (Å²) in [5, 5.41) is 5.21. The maximum Gasteiger partial charge on any atom is 0.238 e. The number of thioether (sulfide) groups is 1. The first-order chi connectivity index (χ1) is 13.8. The van der Waals surface area contributed by atoms with E-state index in [1.165, 1.54) is 18.2 Å². The lowest BCUT2D eigenvalue weighted by Crippen LogP contribution is -2.32. The van der Waals surface area contributed by atoms with Gasteiger partial charge in [0.2, 0.25) is 15.8 Å². The Bertz CT molecular complexity index is 1140. The molecule has 0 aromatic heterocycles. The number of ketones is 2. The minimum atomic E-state index is -4.12. The van der Waals surface area contributed by atoms with Gasteiger partial charge >= 0.3 is 0 Å². The summed E-state index contributed by atoms with van der Waals surface area (Å²) in [7, 11) is -4.12. The molecule has 0 amide bonds. The van der Waals surface area contributed by atoms with Crippen molar-refractivity contribution in [3.05, 3.63) is 53.6 Å². The largest absolute Gasteiger partial charge is 0.370 e. The molecule has 0 unspecified atom stereocenters. The second-order valence-corrected chi connectivity index (χ2v) is 9.59. The predicted molar refractivity (Wildman–Crippen MR) is 114 cm³/mol. The fraction of sp³-hybridized carbons (Fsp3) is 0.250. The second kappa shape index (κ2) is 7.74. The molecule has 2 aromatic rings. The molecule has 7 nitrogen and oxygen atoms in total. The van der Waals surface area contributed by atoms with Crippen LogP contribution in [0.15, 0.2) is 52.4 Å². The van der Waals surface area contributed by atoms with E-state index in [4.69, 9.17) is 5.14 Å². The van der Waals surface area contributed by atoms with Crippen molar-refractivity contribution in [3.8, 4) is 0 Å². The molecule has 0 saturated carbocycles. The van der Waals surface area contributed by atoms with Crippen LogP contribution >= 0.6 is 11.8 Å². The van der Waals surface area contributed by atoms with Gasteiger partial charge in [-0.2, -0.15) is 11.8 Å². The number of anilines is 1. The van der Waals surface area contributed by atoms with Crippen LogP contribution in [0.4, 0.5) is 11.4 Å². The summed E-state index contributed by atoms with van der Waals surface area (Å²) in [4.78, 5) is 31.9. The zero-order valence-corrected chi connectivity index (χ0v) is 17.1. The smallest absolute Gasteiger partial charge is 0.238 e. The lowest BCUT2D eigenvalue weighted by Gasteiger charge is -2.28. The van der Waals surface area contributed by atoms with Crippen molar-refractivity contribution in [1.82, 2.24) is 0 Å². The SMILES string of the molecule is NS(=O)(=O)c1cccc2c1C(=O)CC(=Nc1cccc(N3CCSCC3)c1)C2=O. The molecule has 0 atom stereocenters. The molecule has 1 aliphatic heterocycles. The van der Waals surface area contributed by atoms with E-state index < -0.39 is 21.6 Å². The molecule has 2 N–H and O–H groups in total. The molecular weight excluding hydrogens is 410 g/mol. The van der Waals surface area contributed by atoms with Gasteiger partial charge in [0.15, 0.2) is 5.78 Å². The van der Waals surface area contributed by atoms with Crippen molar-refractivity contribution in [2.75, 3.05) is 29.5 Å². The molecule has 2 aromatic carbocycles. The number of hydrogen-bond donors (Lipinski definition) is 1. The van der Waals surface area contributed by atoms with Crippen LogP contribution in [0.1, 0.15) is 27.1 Å². The molecule has 4 rings (SSSR count). The number of primary sulfonamides is 1. The number of hydrogen-bond acceptors (Lipinski definition) is 7. The van der Waals surface area contributed by atoms with Crippen LogP contribution in [0.25, 0.3) is 0 Å². The fourth-order valence-corrected chi connectivity index (χ4v) is 5.23. The summed E-state index contributed by atoms with van der Waals surface area (Å²) in [5.41, 5.74) is 1.59. The minimum Gasteiger partial charge on any atom is -0.370 e. The summed E-state index contributed by atoms with van der Waals surface area (Å²) in [6, 6.07) is 11.6. The number of aliphatic imine (C=N–C) groups is 1. The van der Waals surface area contributed by atoms with Gasteiger partial charge in [-0.3, -0.25) is 9.59 Å². The van der Waals surface area contributed by atoms with Crippen molar-refractivity contribution < 1.29 is 18.0 Å². The number of nitrogens with zero attached hydrogens (tertiary/aromatic N) is 2. The van der Waals surface area contributed by atoms with Gasteiger partial charge in [0.05, 0.1) is 22.7 Å². The normalized spacial score (nSPS) is 18.8. The van der Waals surface area contributed by atoms with Crippen LogP contribution in [0.5, 0.6) is 0 Å². The van der Waals surface area contributed by atoms with E-state index in [9.17, 15) is 18.0 Å². The Morgan fingerprint density at radius 2 is 1.76 bits per heavy atom. The third kappa shape index (κ3) is 3.98. The average Bonchev–Trinajstić information content (AvgIpc) is 2.71. The van der Waals surface area contributed by atoms with Crippen LogP contribution in [0.3, 0.4) is 0 Å². The van der Waals surface area contributed by atoms with Crippen LogP contribution in [-0.2, 0) is 10.0 Å². The zero-order valence-electron chi connectivity index (χ0n) is 15.5. The Balaban J connectivity index is 1.71. The number of carbonyl (C=O) groups is 2. The molecule has 0 bridgehead atoms. The third-order valence-electron chi connectivity index (χ3n) is 4.92. The van der Waals surface area contributed by atoms with E-state index in [0.717, 1.165) is 30.3 Å². The van der Waals surface area contributed by atoms with Crippen LogP contribution in [-0.4, -0.2) is 50.3 Å². The van der Waals surface area contributed by atoms with Crippen LogP contribution in [0.2, 0.25) is 0 Å². The highest BCUT2D eigenvalue weighted by molar-refractivity contribution is 7.99. The van der Waals surface area contributed by atoms with Gasteiger partial charge in [-0.05, 0) is 24.3 Å². The van der Waals surface area contributed by atoms with E-state index in [-0.39, 0.29) is 28.2 Å². The monoisotopic (exact) mass is 429 g/mol. The molecule has 0 radical (unpaired) electrons. The topological polar surface area (TPSA) is 110 Å². The first-order valence-corrected chi connectivity index (χ1v) is 11.8. The van der Waals surface area contributed by atoms with E-state index in [0.29, 0.717) is 5.69 Å². The van der Waals surface area contributed by atoms with Gasteiger partial charge in [0.25, 0.3) is 0 Å². The summed E-state index contributed by atoms with van der Waals surface area (Å²) in [6.07, 6.45) is -0.261. The number of fused-ring (bicyclic) bond motifs is 1. The molecule has 1 aliphatic carbocycles. The van der Waals surface area contributed by atoms with Crippen LogP contribution in [0, 0.1) is 0 Å². The standard InChI is InChI=1S/C20H19N3O4S2/c21-29(26,27)18-6-2-5-15-19(18)17(24)12-16(20(15)25)22-13-3-1-4-14(11-13)23-7-9-28-10-8-23/h1-6,11H,7-10,12H2,(H2,21,26,27). The maximum absolute atomic E-state index is 12.9. The Kier molecular flexibility index (Phi) is 5.28. The Hall–Kier alpha value is -2.49. The number of rotatable bonds is 3. The van der Waals surface area contributed by atoms with Gasteiger partial charge in [-0.15, -0.1) is 0 Å². The summed E-state index contributed by atoms with van der Waals surface area (Å²) >= 11 is 1.92. The molecular formula is C20H19N3O4S2. The van der Waals surface area contributed by atoms with E-state index in [1.807, 2.05) is 30.0 Å². The van der Waals surface area contributed by atoms with Gasteiger partial charge in [0.1, 0.15) is 0 Å². The Morgan fingerprint density at radius 1 is 1.03 bits per heavy atom. The van der Waals surface area contributed by atoms with E-state index in [2.05, 4.69) is 9.89 Å². The fourth-order valence-electron chi connectivity index (χ4n) is 3.55. The second-order valence-electron chi connectivity index (χ2n) is 6.83. The summed E-state index contributed by atoms with van der Waals surface area (Å²) < 4.78 is 23.6. The minimum absolute atomic E-state index is 0.0238. The quantitative estimate of drug-likeness (QED) is 0.802. The number of nitrogens with two attached hydrogens (primary N) is 1. The average molecular weight is 430 g/mol. The molecule has 9 heteroatoms. The highest BCUT2D eigenvalue weighted by Gasteiger charge is 2.33. The molecule has 29 heavy (non-hydrogen) atoms. The first kappa shape index (κ1) is 19.8. The van der Waals surface area contributed by atoms with Gasteiger partial charge in [-0.25, -0.2) is 18.5 Å². The molecule has 2 aliphatic rings. The van der Waals surface area contributed by atoms with Gasteiger partial charge < -0.3 is 4.90 Å². The maximum atomic E-state index is 12.9. The van der Waals surface area contributed by atoms with Crippen molar-refractivity contribution in [1.29, 1.82) is 0 Å². The van der Waals surface area contributed by atoms with Crippen LogP contribution < -0.4 is 10.0 Å². The van der Waals surface area contributed by atoms with E-state index in [1.54, 1.807) is 6.07 Å². The molecule has 1 heterocycles. The Labute approximate surface area is 173 Å². The molecule has 1 fully saturated rings. The van der Waals surface area contributed by atoms with Crippen molar-refractivity contribution >= 4 is 50.4 Å². The van der Waals surface area contributed by atoms with Gasteiger partial charge in [-0.1, -0.05) is 18.2 Å². The van der Waals surface area contributed by atoms with Crippen molar-refractivity contribution in [2.45, 2.75) is 11.3 Å². The number of sulfonamides is 1. The highest BCUT2D eigenvalue weighted by atomic mass is 32.2. The number of benzene rings is 2. The van der Waals surface area contributed by atoms with Gasteiger partial charge in [0, 0.05) is 41.4 Å². The molecule has 0 spiro atoms. The van der Waals surface area contributed by atoms with Crippen molar-refractivity contribution in [2.24, 2.45) is 10.1 Å². The first-order valence-electron chi connectivity index (χ1n) is 9.08. The summed E-state index contributed by atoms with van der Waals surface area (Å²) in [5.74, 6) is 1.20. The van der Waals surface area contributed by atoms with E-state index >= 15 is 0 Å². The zero-order chi connectivity index (χ0) is 20.6. The lowest BCUT2D eigenvalue weighted by molar-refractivity contribution is 0.0962. The third-order valence-corrected chi connectivity index (χ3v) is 6.81. The summed E-state index contributed by atoms with van der Waals surface area (Å²) in [6.45, 7) is 1.90. The molecule has 150 valence electrons. The lowest BCUT2D eigenvalue weighted by atomic mass is 9.88.